The SMILES string of the molecule is CC1CN(C(=O)OC(C)(C)C)[C@@H](C)CN1C(C(=O)NNC(=O)C1CC1)c1ccc(F)cc1. The zero-order valence-corrected chi connectivity index (χ0v) is 19.4. The number of carbonyl (C=O) groups is 3. The molecule has 1 heterocycles. The van der Waals surface area contributed by atoms with Crippen LogP contribution in [0.5, 0.6) is 0 Å². The van der Waals surface area contributed by atoms with Gasteiger partial charge in [0.25, 0.3) is 5.91 Å². The van der Waals surface area contributed by atoms with Gasteiger partial charge in [-0.15, -0.1) is 0 Å². The maximum absolute atomic E-state index is 13.5. The Kier molecular flexibility index (Phi) is 7.07. The van der Waals surface area contributed by atoms with Gasteiger partial charge in [-0.1, -0.05) is 12.1 Å². The predicted molar refractivity (Wildman–Crippen MR) is 117 cm³/mol. The summed E-state index contributed by atoms with van der Waals surface area (Å²) in [4.78, 5) is 41.4. The van der Waals surface area contributed by atoms with E-state index in [1.165, 1.54) is 12.1 Å². The maximum atomic E-state index is 13.5. The molecule has 1 aliphatic carbocycles. The molecule has 32 heavy (non-hydrogen) atoms. The van der Waals surface area contributed by atoms with Gasteiger partial charge in [-0.3, -0.25) is 25.3 Å². The number of nitrogens with zero attached hydrogens (tertiary/aromatic N) is 2. The monoisotopic (exact) mass is 448 g/mol. The molecule has 1 aromatic rings. The van der Waals surface area contributed by atoms with Gasteiger partial charge in [-0.2, -0.15) is 0 Å². The highest BCUT2D eigenvalue weighted by atomic mass is 19.1. The highest BCUT2D eigenvalue weighted by molar-refractivity contribution is 5.87. The minimum absolute atomic E-state index is 0.0455. The fourth-order valence-corrected chi connectivity index (χ4v) is 3.87. The van der Waals surface area contributed by atoms with Crippen LogP contribution in [-0.4, -0.2) is 58.5 Å². The van der Waals surface area contributed by atoms with E-state index in [9.17, 15) is 18.8 Å². The molecule has 9 heteroatoms. The van der Waals surface area contributed by atoms with Crippen LogP contribution in [0.1, 0.15) is 59.1 Å². The molecule has 0 aromatic heterocycles. The van der Waals surface area contributed by atoms with Gasteiger partial charge < -0.3 is 9.64 Å². The highest BCUT2D eigenvalue weighted by Gasteiger charge is 2.40. The summed E-state index contributed by atoms with van der Waals surface area (Å²) < 4.78 is 19.1. The Morgan fingerprint density at radius 3 is 2.22 bits per heavy atom. The van der Waals surface area contributed by atoms with Gasteiger partial charge in [0.05, 0.1) is 0 Å². The quantitative estimate of drug-likeness (QED) is 0.692. The molecule has 2 unspecified atom stereocenters. The molecule has 1 aliphatic heterocycles. The van der Waals surface area contributed by atoms with Gasteiger partial charge in [0.15, 0.2) is 0 Å². The van der Waals surface area contributed by atoms with Gasteiger partial charge >= 0.3 is 6.09 Å². The molecule has 1 aromatic carbocycles. The van der Waals surface area contributed by atoms with Crippen molar-refractivity contribution in [2.75, 3.05) is 13.1 Å². The van der Waals surface area contributed by atoms with Gasteiger partial charge in [0.1, 0.15) is 17.5 Å². The van der Waals surface area contributed by atoms with E-state index in [0.29, 0.717) is 18.7 Å². The van der Waals surface area contributed by atoms with E-state index >= 15 is 0 Å². The normalized spacial score (nSPS) is 22.8. The minimum Gasteiger partial charge on any atom is -0.444 e. The summed E-state index contributed by atoms with van der Waals surface area (Å²) in [5.41, 5.74) is 5.04. The molecule has 2 fully saturated rings. The van der Waals surface area contributed by atoms with Gasteiger partial charge in [-0.05, 0) is 65.2 Å². The van der Waals surface area contributed by atoms with Crippen LogP contribution in [0, 0.1) is 11.7 Å². The Labute approximate surface area is 188 Å². The molecule has 1 saturated carbocycles. The van der Waals surface area contributed by atoms with Crippen LogP contribution in [0.15, 0.2) is 24.3 Å². The summed E-state index contributed by atoms with van der Waals surface area (Å²) in [6.45, 7) is 10.1. The number of halogens is 1. The summed E-state index contributed by atoms with van der Waals surface area (Å²) in [5.74, 6) is -1.05. The van der Waals surface area contributed by atoms with E-state index in [-0.39, 0.29) is 23.9 Å². The van der Waals surface area contributed by atoms with Crippen molar-refractivity contribution in [1.82, 2.24) is 20.7 Å². The number of hydrazine groups is 1. The molecule has 2 N–H and O–H groups in total. The van der Waals surface area contributed by atoms with Crippen molar-refractivity contribution >= 4 is 17.9 Å². The minimum atomic E-state index is -0.756. The summed E-state index contributed by atoms with van der Waals surface area (Å²) >= 11 is 0. The molecular formula is C23H33FN4O4. The van der Waals surface area contributed by atoms with Crippen LogP contribution < -0.4 is 10.9 Å². The first-order valence-electron chi connectivity index (χ1n) is 11.1. The summed E-state index contributed by atoms with van der Waals surface area (Å²) in [6.07, 6.45) is 1.25. The molecule has 176 valence electrons. The molecule has 0 radical (unpaired) electrons. The Morgan fingerprint density at radius 2 is 1.66 bits per heavy atom. The Bertz CT molecular complexity index is 851. The maximum Gasteiger partial charge on any atom is 0.410 e. The zero-order chi connectivity index (χ0) is 23.6. The topological polar surface area (TPSA) is 91.0 Å². The summed E-state index contributed by atoms with van der Waals surface area (Å²) in [5, 5.41) is 0. The summed E-state index contributed by atoms with van der Waals surface area (Å²) in [6, 6.07) is 4.61. The Morgan fingerprint density at radius 1 is 1.03 bits per heavy atom. The standard InChI is InChI=1S/C23H33FN4O4/c1-14-13-28(22(31)32-23(3,4)5)15(2)12-27(14)19(16-8-10-18(24)11-9-16)21(30)26-25-20(29)17-6-7-17/h8-11,14-15,17,19H,6-7,12-13H2,1-5H3,(H,25,29)(H,26,30)/t14?,15-,19?/m0/s1. The van der Waals surface area contributed by atoms with Crippen molar-refractivity contribution in [3.8, 4) is 0 Å². The lowest BCUT2D eigenvalue weighted by Gasteiger charge is -2.46. The molecule has 0 spiro atoms. The van der Waals surface area contributed by atoms with E-state index in [1.807, 2.05) is 39.5 Å². The number of piperazine rings is 1. The molecule has 3 amide bonds. The largest absolute Gasteiger partial charge is 0.444 e. The highest BCUT2D eigenvalue weighted by Crippen LogP contribution is 2.30. The van der Waals surface area contributed by atoms with Crippen molar-refractivity contribution in [3.63, 3.8) is 0 Å². The Hall–Kier alpha value is -2.68. The van der Waals surface area contributed by atoms with Crippen molar-refractivity contribution < 1.29 is 23.5 Å². The lowest BCUT2D eigenvalue weighted by atomic mass is 9.99. The molecule has 0 bridgehead atoms. The van der Waals surface area contributed by atoms with Crippen molar-refractivity contribution in [2.45, 2.75) is 71.2 Å². The van der Waals surface area contributed by atoms with E-state index in [1.54, 1.807) is 17.0 Å². The third kappa shape index (κ3) is 5.97. The molecule has 3 rings (SSSR count). The smallest absolute Gasteiger partial charge is 0.410 e. The van der Waals surface area contributed by atoms with Crippen LogP contribution in [0.2, 0.25) is 0 Å². The predicted octanol–water partition coefficient (Wildman–Crippen LogP) is 2.75. The van der Waals surface area contributed by atoms with Crippen LogP contribution in [0.4, 0.5) is 9.18 Å². The van der Waals surface area contributed by atoms with Crippen molar-refractivity contribution in [1.29, 1.82) is 0 Å². The number of amides is 3. The van der Waals surface area contributed by atoms with Gasteiger partial charge in [-0.25, -0.2) is 9.18 Å². The third-order valence-corrected chi connectivity index (χ3v) is 5.68. The number of nitrogens with one attached hydrogen (secondary N) is 2. The third-order valence-electron chi connectivity index (χ3n) is 5.68. The molecule has 1 saturated heterocycles. The molecular weight excluding hydrogens is 415 g/mol. The number of ether oxygens (including phenoxy) is 1. The lowest BCUT2D eigenvalue weighted by molar-refractivity contribution is -0.134. The number of rotatable bonds is 4. The first kappa shape index (κ1) is 24.0. The summed E-state index contributed by atoms with van der Waals surface area (Å²) in [7, 11) is 0. The average molecular weight is 449 g/mol. The second kappa shape index (κ2) is 9.44. The van der Waals surface area contributed by atoms with Crippen LogP contribution in [-0.2, 0) is 14.3 Å². The van der Waals surface area contributed by atoms with Crippen LogP contribution in [0.25, 0.3) is 0 Å². The van der Waals surface area contributed by atoms with Gasteiger partial charge in [0, 0.05) is 31.1 Å². The first-order valence-corrected chi connectivity index (χ1v) is 11.1. The lowest BCUT2D eigenvalue weighted by Crippen LogP contribution is -2.61. The number of carbonyl (C=O) groups excluding carboxylic acids is 3. The van der Waals surface area contributed by atoms with E-state index in [2.05, 4.69) is 10.9 Å². The zero-order valence-electron chi connectivity index (χ0n) is 19.4. The fourth-order valence-electron chi connectivity index (χ4n) is 3.87. The molecule has 2 aliphatic rings. The van der Waals surface area contributed by atoms with E-state index < -0.39 is 29.5 Å². The fraction of sp³-hybridized carbons (Fsp3) is 0.609. The number of hydrogen-bond donors (Lipinski definition) is 2. The Balaban J connectivity index is 1.78. The first-order chi connectivity index (χ1) is 15.0. The number of benzene rings is 1. The van der Waals surface area contributed by atoms with Gasteiger partial charge in [0.2, 0.25) is 5.91 Å². The van der Waals surface area contributed by atoms with Crippen LogP contribution in [0.3, 0.4) is 0 Å². The molecule has 8 nitrogen and oxygen atoms in total. The van der Waals surface area contributed by atoms with E-state index in [0.717, 1.165) is 12.8 Å². The van der Waals surface area contributed by atoms with Crippen molar-refractivity contribution in [2.24, 2.45) is 5.92 Å². The number of hydrogen-bond acceptors (Lipinski definition) is 5. The second-order valence-corrected chi connectivity index (χ2v) is 9.73. The van der Waals surface area contributed by atoms with Crippen LogP contribution >= 0.6 is 0 Å². The molecule has 3 atom stereocenters. The second-order valence-electron chi connectivity index (χ2n) is 9.73. The van der Waals surface area contributed by atoms with E-state index in [4.69, 9.17) is 4.74 Å². The van der Waals surface area contributed by atoms with Crippen molar-refractivity contribution in [3.05, 3.63) is 35.6 Å². The average Bonchev–Trinajstić information content (AvgIpc) is 3.54.